The van der Waals surface area contributed by atoms with E-state index in [1.807, 2.05) is 13.1 Å². The lowest BCUT2D eigenvalue weighted by atomic mass is 10.1. The highest BCUT2D eigenvalue weighted by molar-refractivity contribution is 4.97. The molecule has 0 aliphatic carbocycles. The predicted octanol–water partition coefficient (Wildman–Crippen LogP) is 1.42. The Kier molecular flexibility index (Phi) is 2.10. The van der Waals surface area contributed by atoms with E-state index < -0.39 is 0 Å². The first-order chi connectivity index (χ1) is 4.68. The first-order valence-electron chi connectivity index (χ1n) is 3.59. The molecule has 1 aromatic heterocycles. The van der Waals surface area contributed by atoms with Crippen molar-refractivity contribution in [3.05, 3.63) is 18.0 Å². The Morgan fingerprint density at radius 1 is 1.70 bits per heavy atom. The van der Waals surface area contributed by atoms with Crippen molar-refractivity contribution in [1.29, 1.82) is 0 Å². The summed E-state index contributed by atoms with van der Waals surface area (Å²) in [5.41, 5.74) is 1.14. The van der Waals surface area contributed by atoms with Gasteiger partial charge in [-0.1, -0.05) is 13.8 Å². The summed E-state index contributed by atoms with van der Waals surface area (Å²) in [6.45, 7) is 4.38. The molecule has 0 aliphatic rings. The zero-order chi connectivity index (χ0) is 7.56. The predicted molar refractivity (Wildman–Crippen MR) is 40.6 cm³/mol. The Hall–Kier alpha value is -0.790. The third kappa shape index (κ3) is 1.87. The van der Waals surface area contributed by atoms with Crippen molar-refractivity contribution in [2.45, 2.75) is 20.3 Å². The smallest absolute Gasteiger partial charge is 0.0862 e. The summed E-state index contributed by atoms with van der Waals surface area (Å²) in [4.78, 5) is 0. The Labute approximate surface area is 61.9 Å². The molecule has 10 heavy (non-hydrogen) atoms. The van der Waals surface area contributed by atoms with E-state index in [0.29, 0.717) is 5.92 Å². The molecule has 0 N–H and O–H groups in total. The molecule has 0 saturated heterocycles. The number of hydrogen-bond acceptors (Lipinski definition) is 1. The van der Waals surface area contributed by atoms with Crippen molar-refractivity contribution in [1.82, 2.24) is 9.78 Å². The van der Waals surface area contributed by atoms with Crippen LogP contribution in [-0.4, -0.2) is 9.78 Å². The van der Waals surface area contributed by atoms with E-state index in [1.165, 1.54) is 0 Å². The van der Waals surface area contributed by atoms with Gasteiger partial charge in [0.25, 0.3) is 0 Å². The van der Waals surface area contributed by atoms with Crippen molar-refractivity contribution in [2.24, 2.45) is 13.0 Å². The summed E-state index contributed by atoms with van der Waals surface area (Å²) in [6.07, 6.45) is 4.03. The molecule has 0 aliphatic heterocycles. The van der Waals surface area contributed by atoms with Crippen LogP contribution in [0.4, 0.5) is 0 Å². The first-order valence-corrected chi connectivity index (χ1v) is 3.59. The van der Waals surface area contributed by atoms with Gasteiger partial charge in [-0.3, -0.25) is 4.68 Å². The minimum Gasteiger partial charge on any atom is -0.266 e. The van der Waals surface area contributed by atoms with Gasteiger partial charge >= 0.3 is 0 Å². The molecule has 0 fully saturated rings. The van der Waals surface area contributed by atoms with E-state index in [0.717, 1.165) is 12.1 Å². The molecule has 0 spiro atoms. The van der Waals surface area contributed by atoms with Crippen LogP contribution in [0.15, 0.2) is 6.07 Å². The minimum atomic E-state index is 0.684. The van der Waals surface area contributed by atoms with Gasteiger partial charge in [0.2, 0.25) is 0 Å². The molecule has 0 bridgehead atoms. The van der Waals surface area contributed by atoms with E-state index in [-0.39, 0.29) is 0 Å². The van der Waals surface area contributed by atoms with Crippen LogP contribution in [0.3, 0.4) is 0 Å². The largest absolute Gasteiger partial charge is 0.266 e. The van der Waals surface area contributed by atoms with Gasteiger partial charge < -0.3 is 0 Å². The molecule has 0 saturated carbocycles. The van der Waals surface area contributed by atoms with Gasteiger partial charge in [-0.2, -0.15) is 5.10 Å². The second-order valence-corrected chi connectivity index (χ2v) is 2.99. The first kappa shape index (κ1) is 7.32. The number of rotatable bonds is 2. The van der Waals surface area contributed by atoms with E-state index in [4.69, 9.17) is 0 Å². The standard InChI is InChI=1S/C8H13N2/c1-7(2)6-8-4-5-10(3)9-8/h4,7H,6H2,1-3H3. The Morgan fingerprint density at radius 3 is 2.80 bits per heavy atom. The van der Waals surface area contributed by atoms with Gasteiger partial charge in [0, 0.05) is 7.05 Å². The molecule has 1 rings (SSSR count). The van der Waals surface area contributed by atoms with Gasteiger partial charge in [0.1, 0.15) is 0 Å². The van der Waals surface area contributed by atoms with Gasteiger partial charge in [0.15, 0.2) is 0 Å². The highest BCUT2D eigenvalue weighted by Crippen LogP contribution is 2.03. The molecular formula is C8H13N2. The lowest BCUT2D eigenvalue weighted by Crippen LogP contribution is -1.96. The van der Waals surface area contributed by atoms with Gasteiger partial charge in [-0.05, 0) is 18.4 Å². The van der Waals surface area contributed by atoms with Gasteiger partial charge in [-0.15, -0.1) is 0 Å². The normalized spacial score (nSPS) is 10.8. The molecule has 1 heterocycles. The highest BCUT2D eigenvalue weighted by Gasteiger charge is 1.99. The summed E-state index contributed by atoms with van der Waals surface area (Å²) < 4.78 is 1.72. The van der Waals surface area contributed by atoms with Crippen LogP contribution in [0.1, 0.15) is 19.5 Å². The number of hydrogen-bond donors (Lipinski definition) is 0. The van der Waals surface area contributed by atoms with Crippen molar-refractivity contribution in [3.8, 4) is 0 Å². The van der Waals surface area contributed by atoms with Crippen LogP contribution in [0.25, 0.3) is 0 Å². The molecule has 0 unspecified atom stereocenters. The molecular weight excluding hydrogens is 124 g/mol. The molecule has 55 valence electrons. The SMILES string of the molecule is CC(C)Cc1c[c]n(C)n1. The Balaban J connectivity index is 2.58. The topological polar surface area (TPSA) is 17.8 Å². The fraction of sp³-hybridized carbons (Fsp3) is 0.625. The molecule has 1 aromatic rings. The quantitative estimate of drug-likeness (QED) is 0.602. The van der Waals surface area contributed by atoms with E-state index in [9.17, 15) is 0 Å². The van der Waals surface area contributed by atoms with E-state index >= 15 is 0 Å². The van der Waals surface area contributed by atoms with Crippen LogP contribution >= 0.6 is 0 Å². The van der Waals surface area contributed by atoms with Crippen LogP contribution in [-0.2, 0) is 13.5 Å². The third-order valence-corrected chi connectivity index (χ3v) is 1.31. The second kappa shape index (κ2) is 2.86. The second-order valence-electron chi connectivity index (χ2n) is 2.99. The average Bonchev–Trinajstić information content (AvgIpc) is 2.13. The number of aromatic nitrogens is 2. The lowest BCUT2D eigenvalue weighted by molar-refractivity contribution is 0.620. The van der Waals surface area contributed by atoms with Gasteiger partial charge in [0.05, 0.1) is 11.9 Å². The monoisotopic (exact) mass is 137 g/mol. The molecule has 2 heteroatoms. The Bertz CT molecular complexity index is 201. The van der Waals surface area contributed by atoms with Crippen molar-refractivity contribution < 1.29 is 0 Å². The summed E-state index contributed by atoms with van der Waals surface area (Å²) in [5, 5.41) is 4.21. The molecule has 1 radical (unpaired) electrons. The lowest BCUT2D eigenvalue weighted by Gasteiger charge is -1.98. The third-order valence-electron chi connectivity index (χ3n) is 1.31. The summed E-state index contributed by atoms with van der Waals surface area (Å²) in [7, 11) is 1.89. The van der Waals surface area contributed by atoms with E-state index in [2.05, 4.69) is 25.1 Å². The minimum absolute atomic E-state index is 0.684. The maximum Gasteiger partial charge on any atom is 0.0862 e. The fourth-order valence-corrected chi connectivity index (χ4v) is 0.936. The summed E-state index contributed by atoms with van der Waals surface area (Å²) in [6, 6.07) is 1.94. The Morgan fingerprint density at radius 2 is 2.40 bits per heavy atom. The van der Waals surface area contributed by atoms with E-state index in [1.54, 1.807) is 4.68 Å². The average molecular weight is 137 g/mol. The van der Waals surface area contributed by atoms with Crippen LogP contribution < -0.4 is 0 Å². The van der Waals surface area contributed by atoms with Crippen molar-refractivity contribution in [2.75, 3.05) is 0 Å². The summed E-state index contributed by atoms with van der Waals surface area (Å²) in [5.74, 6) is 0.684. The van der Waals surface area contributed by atoms with Crippen molar-refractivity contribution in [3.63, 3.8) is 0 Å². The molecule has 2 nitrogen and oxygen atoms in total. The number of aryl methyl sites for hydroxylation is 1. The fourth-order valence-electron chi connectivity index (χ4n) is 0.936. The van der Waals surface area contributed by atoms with Crippen molar-refractivity contribution >= 4 is 0 Å². The van der Waals surface area contributed by atoms with Crippen LogP contribution in [0, 0.1) is 12.1 Å². The maximum atomic E-state index is 4.21. The molecule has 0 amide bonds. The van der Waals surface area contributed by atoms with Crippen LogP contribution in [0.2, 0.25) is 0 Å². The zero-order valence-electron chi connectivity index (χ0n) is 6.76. The molecule has 0 aromatic carbocycles. The summed E-state index contributed by atoms with van der Waals surface area (Å²) >= 11 is 0. The number of nitrogens with zero attached hydrogens (tertiary/aromatic N) is 2. The maximum absolute atomic E-state index is 4.21. The molecule has 0 atom stereocenters. The van der Waals surface area contributed by atoms with Crippen LogP contribution in [0.5, 0.6) is 0 Å². The highest BCUT2D eigenvalue weighted by atomic mass is 15.2. The van der Waals surface area contributed by atoms with Gasteiger partial charge in [-0.25, -0.2) is 0 Å². The zero-order valence-corrected chi connectivity index (χ0v) is 6.76.